The molecule has 0 spiro atoms. The number of carboxylic acids is 1. The Morgan fingerprint density at radius 1 is 1.38 bits per heavy atom. The van der Waals surface area contributed by atoms with Crippen LogP contribution in [0, 0.1) is 0 Å². The van der Waals surface area contributed by atoms with Crippen LogP contribution in [0.1, 0.15) is 33.1 Å². The Morgan fingerprint density at radius 3 is 2.19 bits per heavy atom. The second-order valence-electron chi connectivity index (χ2n) is 3.14. The van der Waals surface area contributed by atoms with Crippen LogP contribution < -0.4 is 0 Å². The lowest BCUT2D eigenvalue weighted by atomic mass is 10.2. The van der Waals surface area contributed by atoms with Gasteiger partial charge in [0.2, 0.25) is 0 Å². The van der Waals surface area contributed by atoms with Crippen LogP contribution in [0.5, 0.6) is 0 Å². The summed E-state index contributed by atoms with van der Waals surface area (Å²) in [5.74, 6) is -1.31. The monoisotopic (exact) mass is 228 g/mol. The van der Waals surface area contributed by atoms with Gasteiger partial charge in [0.05, 0.1) is 6.10 Å². The largest absolute Gasteiger partial charge is 0.478 e. The van der Waals surface area contributed by atoms with Gasteiger partial charge in [0, 0.05) is 12.2 Å². The van der Waals surface area contributed by atoms with Crippen molar-refractivity contribution in [3.8, 4) is 0 Å². The van der Waals surface area contributed by atoms with Crippen molar-refractivity contribution in [2.45, 2.75) is 39.2 Å². The van der Waals surface area contributed by atoms with Crippen LogP contribution >= 0.6 is 0 Å². The SMILES string of the molecule is C=CC(=O)O.C=CC(=O)OC(C)CCCC. The van der Waals surface area contributed by atoms with Crippen LogP contribution in [0.2, 0.25) is 0 Å². The van der Waals surface area contributed by atoms with E-state index in [0.29, 0.717) is 0 Å². The highest BCUT2D eigenvalue weighted by atomic mass is 16.5. The summed E-state index contributed by atoms with van der Waals surface area (Å²) >= 11 is 0. The molecule has 0 amide bonds. The molecule has 0 aliphatic rings. The number of carboxylic acid groups (broad SMARTS) is 1. The Bertz CT molecular complexity index is 233. The maximum Gasteiger partial charge on any atom is 0.330 e. The minimum Gasteiger partial charge on any atom is -0.478 e. The zero-order valence-electron chi connectivity index (χ0n) is 9.94. The molecule has 0 bridgehead atoms. The summed E-state index contributed by atoms with van der Waals surface area (Å²) in [5.41, 5.74) is 0. The summed E-state index contributed by atoms with van der Waals surface area (Å²) in [6.45, 7) is 10.3. The van der Waals surface area contributed by atoms with Gasteiger partial charge in [-0.25, -0.2) is 9.59 Å². The fraction of sp³-hybridized carbons (Fsp3) is 0.500. The van der Waals surface area contributed by atoms with Gasteiger partial charge in [0.15, 0.2) is 0 Å². The topological polar surface area (TPSA) is 63.6 Å². The first-order chi connectivity index (χ1) is 7.47. The van der Waals surface area contributed by atoms with Gasteiger partial charge in [-0.3, -0.25) is 0 Å². The number of unbranched alkanes of at least 4 members (excludes halogenated alkanes) is 1. The van der Waals surface area contributed by atoms with Crippen molar-refractivity contribution in [2.75, 3.05) is 0 Å². The van der Waals surface area contributed by atoms with E-state index in [1.54, 1.807) is 0 Å². The molecule has 16 heavy (non-hydrogen) atoms. The van der Waals surface area contributed by atoms with Crippen LogP contribution in [0.3, 0.4) is 0 Å². The summed E-state index contributed by atoms with van der Waals surface area (Å²) in [6, 6.07) is 0. The van der Waals surface area contributed by atoms with E-state index >= 15 is 0 Å². The zero-order valence-corrected chi connectivity index (χ0v) is 9.94. The van der Waals surface area contributed by atoms with Gasteiger partial charge in [-0.05, 0) is 13.3 Å². The van der Waals surface area contributed by atoms with Gasteiger partial charge < -0.3 is 9.84 Å². The third-order valence-electron chi connectivity index (χ3n) is 1.62. The molecule has 0 aliphatic carbocycles. The summed E-state index contributed by atoms with van der Waals surface area (Å²) < 4.78 is 4.94. The lowest BCUT2D eigenvalue weighted by molar-refractivity contribution is -0.142. The van der Waals surface area contributed by atoms with Crippen molar-refractivity contribution in [1.82, 2.24) is 0 Å². The van der Waals surface area contributed by atoms with Crippen molar-refractivity contribution in [2.24, 2.45) is 0 Å². The van der Waals surface area contributed by atoms with E-state index in [2.05, 4.69) is 20.1 Å². The summed E-state index contributed by atoms with van der Waals surface area (Å²) in [6.07, 6.45) is 5.24. The zero-order chi connectivity index (χ0) is 13.0. The van der Waals surface area contributed by atoms with Gasteiger partial charge in [-0.15, -0.1) is 0 Å². The Kier molecular flexibility index (Phi) is 12.1. The number of ether oxygens (including phenoxy) is 1. The molecule has 1 atom stereocenters. The molecule has 0 aromatic carbocycles. The van der Waals surface area contributed by atoms with Gasteiger partial charge in [-0.1, -0.05) is 32.9 Å². The molecule has 0 aromatic rings. The van der Waals surface area contributed by atoms with Crippen LogP contribution in [0.4, 0.5) is 0 Å². The van der Waals surface area contributed by atoms with Crippen molar-refractivity contribution >= 4 is 11.9 Å². The Hall–Kier alpha value is -1.58. The molecule has 0 aromatic heterocycles. The molecular weight excluding hydrogens is 208 g/mol. The minimum absolute atomic E-state index is 0.0282. The molecular formula is C12H20O4. The van der Waals surface area contributed by atoms with E-state index in [9.17, 15) is 9.59 Å². The van der Waals surface area contributed by atoms with E-state index in [0.717, 1.165) is 25.3 Å². The maximum atomic E-state index is 10.6. The highest BCUT2D eigenvalue weighted by Gasteiger charge is 2.04. The van der Waals surface area contributed by atoms with Crippen LogP contribution in [-0.2, 0) is 14.3 Å². The van der Waals surface area contributed by atoms with E-state index in [1.807, 2.05) is 6.92 Å². The van der Waals surface area contributed by atoms with Gasteiger partial charge in [0.1, 0.15) is 0 Å². The Balaban J connectivity index is 0. The highest BCUT2D eigenvalue weighted by Crippen LogP contribution is 2.03. The molecule has 0 radical (unpaired) electrons. The third-order valence-corrected chi connectivity index (χ3v) is 1.62. The number of esters is 1. The lowest BCUT2D eigenvalue weighted by Gasteiger charge is -2.10. The Morgan fingerprint density at radius 2 is 1.88 bits per heavy atom. The lowest BCUT2D eigenvalue weighted by Crippen LogP contribution is -2.12. The number of carbonyl (C=O) groups excluding carboxylic acids is 1. The second kappa shape index (κ2) is 11.5. The van der Waals surface area contributed by atoms with Crippen molar-refractivity contribution in [1.29, 1.82) is 0 Å². The molecule has 1 N–H and O–H groups in total. The number of rotatable bonds is 6. The third kappa shape index (κ3) is 14.9. The molecule has 0 heterocycles. The van der Waals surface area contributed by atoms with Gasteiger partial charge in [0.25, 0.3) is 0 Å². The number of hydrogen-bond donors (Lipinski definition) is 1. The van der Waals surface area contributed by atoms with E-state index < -0.39 is 5.97 Å². The van der Waals surface area contributed by atoms with Crippen LogP contribution in [0.25, 0.3) is 0 Å². The van der Waals surface area contributed by atoms with Crippen LogP contribution in [0.15, 0.2) is 25.3 Å². The fourth-order valence-corrected chi connectivity index (χ4v) is 0.797. The van der Waals surface area contributed by atoms with E-state index in [1.165, 1.54) is 6.08 Å². The van der Waals surface area contributed by atoms with E-state index in [-0.39, 0.29) is 12.1 Å². The van der Waals surface area contributed by atoms with Crippen molar-refractivity contribution in [3.05, 3.63) is 25.3 Å². The predicted molar refractivity (Wildman–Crippen MR) is 63.1 cm³/mol. The van der Waals surface area contributed by atoms with Crippen molar-refractivity contribution < 1.29 is 19.4 Å². The average molecular weight is 228 g/mol. The first-order valence-corrected chi connectivity index (χ1v) is 5.16. The van der Waals surface area contributed by atoms with Crippen molar-refractivity contribution in [3.63, 3.8) is 0 Å². The van der Waals surface area contributed by atoms with E-state index in [4.69, 9.17) is 9.84 Å². The molecule has 0 aliphatic heterocycles. The summed E-state index contributed by atoms with van der Waals surface area (Å²) in [7, 11) is 0. The second-order valence-corrected chi connectivity index (χ2v) is 3.14. The molecule has 4 heteroatoms. The standard InChI is InChI=1S/C9H16O2.C3H4O2/c1-4-6-7-8(3)11-9(10)5-2;1-2-3(4)5/h5,8H,2,4,6-7H2,1,3H3;2H,1H2,(H,4,5). The molecule has 0 saturated heterocycles. The summed E-state index contributed by atoms with van der Waals surface area (Å²) in [5, 5.41) is 7.60. The first-order valence-electron chi connectivity index (χ1n) is 5.16. The molecule has 1 unspecified atom stereocenters. The number of hydrogen-bond acceptors (Lipinski definition) is 3. The van der Waals surface area contributed by atoms with Gasteiger partial charge in [-0.2, -0.15) is 0 Å². The number of aliphatic carboxylic acids is 1. The smallest absolute Gasteiger partial charge is 0.330 e. The normalized spacial score (nSPS) is 10.4. The Labute approximate surface area is 96.6 Å². The predicted octanol–water partition coefficient (Wildman–Crippen LogP) is 2.55. The average Bonchev–Trinajstić information content (AvgIpc) is 2.26. The first kappa shape index (κ1) is 16.8. The fourth-order valence-electron chi connectivity index (χ4n) is 0.797. The highest BCUT2D eigenvalue weighted by molar-refractivity contribution is 5.81. The molecule has 0 fully saturated rings. The minimum atomic E-state index is -0.981. The molecule has 4 nitrogen and oxygen atoms in total. The van der Waals surface area contributed by atoms with Gasteiger partial charge >= 0.3 is 11.9 Å². The maximum absolute atomic E-state index is 10.6. The molecule has 0 rings (SSSR count). The number of carbonyl (C=O) groups is 2. The molecule has 92 valence electrons. The van der Waals surface area contributed by atoms with Crippen LogP contribution in [-0.4, -0.2) is 23.1 Å². The molecule has 0 saturated carbocycles. The quantitative estimate of drug-likeness (QED) is 0.560. The summed E-state index contributed by atoms with van der Waals surface area (Å²) in [4.78, 5) is 19.9.